The van der Waals surface area contributed by atoms with Gasteiger partial charge in [0, 0.05) is 17.1 Å². The Labute approximate surface area is 154 Å². The first-order valence-corrected chi connectivity index (χ1v) is 9.94. The van der Waals surface area contributed by atoms with E-state index in [-0.39, 0.29) is 12.6 Å². The number of benzene rings is 1. The third-order valence-electron chi connectivity index (χ3n) is 6.02. The van der Waals surface area contributed by atoms with Gasteiger partial charge in [-0.1, -0.05) is 34.6 Å². The topological polar surface area (TPSA) is 21.7 Å². The lowest BCUT2D eigenvalue weighted by molar-refractivity contribution is -0.738. The summed E-state index contributed by atoms with van der Waals surface area (Å²) in [7, 11) is 0.173. The average molecular weight is 342 g/mol. The van der Waals surface area contributed by atoms with Crippen molar-refractivity contribution in [3.8, 4) is 11.4 Å². The summed E-state index contributed by atoms with van der Waals surface area (Å²) in [6.45, 7) is 16.0. The molecule has 136 valence electrons. The van der Waals surface area contributed by atoms with E-state index in [0.717, 1.165) is 43.8 Å². The van der Waals surface area contributed by atoms with Crippen LogP contribution in [0.1, 0.15) is 83.5 Å². The van der Waals surface area contributed by atoms with Gasteiger partial charge in [-0.3, -0.25) is 0 Å². The summed E-state index contributed by atoms with van der Waals surface area (Å²) in [5.74, 6) is 2.24. The quantitative estimate of drug-likeness (QED) is 0.744. The van der Waals surface area contributed by atoms with Crippen molar-refractivity contribution in [1.29, 1.82) is 0 Å². The van der Waals surface area contributed by atoms with Gasteiger partial charge >= 0.3 is 0 Å². The van der Waals surface area contributed by atoms with E-state index in [1.54, 1.807) is 5.56 Å². The lowest BCUT2D eigenvalue weighted by Crippen LogP contribution is -2.52. The number of hydrogen-bond acceptors (Lipinski definition) is 1. The second kappa shape index (κ2) is 6.26. The lowest BCUT2D eigenvalue weighted by atomic mass is 9.78. The summed E-state index contributed by atoms with van der Waals surface area (Å²) in [5.41, 5.74) is 8.85. The maximum absolute atomic E-state index is 8.06. The van der Waals surface area contributed by atoms with E-state index >= 15 is 0 Å². The van der Waals surface area contributed by atoms with Gasteiger partial charge < -0.3 is 0 Å². The van der Waals surface area contributed by atoms with Gasteiger partial charge in [0.1, 0.15) is 5.54 Å². The summed E-state index contributed by atoms with van der Waals surface area (Å²) >= 11 is 0. The van der Waals surface area contributed by atoms with Crippen LogP contribution in [0.4, 0.5) is 0 Å². The first kappa shape index (κ1) is 16.8. The summed E-state index contributed by atoms with van der Waals surface area (Å²) in [5, 5.41) is 4.78. The Morgan fingerprint density at radius 1 is 0.880 bits per heavy atom. The Kier molecular flexibility index (Phi) is 4.21. The molecule has 2 aromatic rings. The highest BCUT2D eigenvalue weighted by molar-refractivity contribution is 5.73. The predicted molar refractivity (Wildman–Crippen MR) is 104 cm³/mol. The molecular weight excluding hydrogens is 306 g/mol. The molecule has 1 aliphatic rings. The molecule has 0 saturated heterocycles. The molecule has 0 aliphatic carbocycles. The van der Waals surface area contributed by atoms with Crippen molar-refractivity contribution in [2.45, 2.75) is 86.1 Å². The van der Waals surface area contributed by atoms with E-state index in [2.05, 4.69) is 53.0 Å². The minimum Gasteiger partial charge on any atom is -0.218 e. The predicted octanol–water partition coefficient (Wildman–Crippen LogP) is 4.28. The van der Waals surface area contributed by atoms with Crippen molar-refractivity contribution in [2.75, 3.05) is 0 Å². The van der Waals surface area contributed by atoms with Crippen LogP contribution in [0.15, 0.2) is 0 Å². The summed E-state index contributed by atoms with van der Waals surface area (Å²) in [6.07, 6.45) is 5.15. The second-order valence-electron chi connectivity index (χ2n) is 7.57. The van der Waals surface area contributed by atoms with Crippen LogP contribution in [-0.2, 0) is 44.7 Å². The molecule has 0 bridgehead atoms. The van der Waals surface area contributed by atoms with Gasteiger partial charge in [-0.05, 0) is 61.8 Å². The number of hydrogen-bond donors (Lipinski definition) is 0. The van der Waals surface area contributed by atoms with E-state index in [0.29, 0.717) is 0 Å². The molecule has 0 radical (unpaired) electrons. The minimum absolute atomic E-state index is 0.116. The van der Waals surface area contributed by atoms with Gasteiger partial charge in [0.25, 0.3) is 11.6 Å². The Balaban J connectivity index is 2.55. The van der Waals surface area contributed by atoms with Crippen LogP contribution in [0.5, 0.6) is 0 Å². The molecule has 2 heterocycles. The van der Waals surface area contributed by atoms with Crippen molar-refractivity contribution in [3.05, 3.63) is 33.6 Å². The average Bonchev–Trinajstić information content (AvgIpc) is 3.14. The number of fused-ring (bicyclic) bond motifs is 3. The molecule has 0 unspecified atom stereocenters. The van der Waals surface area contributed by atoms with Crippen molar-refractivity contribution in [3.63, 3.8) is 0 Å². The van der Waals surface area contributed by atoms with E-state index in [4.69, 9.17) is 6.47 Å². The summed E-state index contributed by atoms with van der Waals surface area (Å²) in [6, 6.07) is 0. The van der Waals surface area contributed by atoms with Gasteiger partial charge in [-0.25, -0.2) is 4.57 Å². The van der Waals surface area contributed by atoms with Crippen LogP contribution in [0.25, 0.3) is 11.4 Å². The Bertz CT molecular complexity index is 846. The van der Waals surface area contributed by atoms with E-state index in [1.807, 2.05) is 4.68 Å². The molecular formula is C22H34N3+. The van der Waals surface area contributed by atoms with E-state index in [9.17, 15) is 0 Å². The molecule has 0 spiro atoms. The van der Waals surface area contributed by atoms with Crippen molar-refractivity contribution in [2.24, 2.45) is 7.02 Å². The molecule has 3 rings (SSSR count). The first-order valence-electron chi connectivity index (χ1n) is 10.6. The van der Waals surface area contributed by atoms with E-state index in [1.165, 1.54) is 27.8 Å². The molecule has 1 aromatic carbocycles. The van der Waals surface area contributed by atoms with Crippen LogP contribution in [-0.4, -0.2) is 9.78 Å². The van der Waals surface area contributed by atoms with Crippen molar-refractivity contribution >= 4 is 0 Å². The fourth-order valence-corrected chi connectivity index (χ4v) is 5.16. The van der Waals surface area contributed by atoms with Gasteiger partial charge in [-0.15, -0.1) is 4.68 Å². The lowest BCUT2D eigenvalue weighted by Gasteiger charge is -2.27. The zero-order valence-corrected chi connectivity index (χ0v) is 17.1. The number of rotatable bonds is 5. The van der Waals surface area contributed by atoms with Crippen LogP contribution in [0, 0.1) is 0 Å². The van der Waals surface area contributed by atoms with Crippen molar-refractivity contribution in [1.82, 2.24) is 9.78 Å². The number of aryl methyl sites for hydroxylation is 2. The van der Waals surface area contributed by atoms with Gasteiger partial charge in [0.15, 0.2) is 0 Å². The fraction of sp³-hybridized carbons (Fsp3) is 0.636. The third kappa shape index (κ3) is 2.24. The smallest absolute Gasteiger partial charge is 0.218 e. The largest absolute Gasteiger partial charge is 0.278 e. The molecule has 0 saturated carbocycles. The molecule has 0 fully saturated rings. The standard InChI is InChI=1S/C22H34N3/c1-9-14-15(10-2)17(12-4)20-19(16(14)11-3)21-24(8)23-18(13-5)25(21)22(20,6)7/h9-13H2,1-8H3/q+1/i8D. The van der Waals surface area contributed by atoms with Gasteiger partial charge in [0.2, 0.25) is 0 Å². The molecule has 1 aliphatic heterocycles. The second-order valence-corrected chi connectivity index (χ2v) is 7.57. The maximum atomic E-state index is 8.06. The highest BCUT2D eigenvalue weighted by atomic mass is 15.4. The third-order valence-corrected chi connectivity index (χ3v) is 6.02. The molecule has 1 aromatic heterocycles. The Morgan fingerprint density at radius 3 is 1.92 bits per heavy atom. The van der Waals surface area contributed by atoms with Crippen LogP contribution >= 0.6 is 0 Å². The summed E-state index contributed by atoms with van der Waals surface area (Å²) in [4.78, 5) is 0. The minimum atomic E-state index is -0.116. The van der Waals surface area contributed by atoms with Crippen LogP contribution in [0.3, 0.4) is 0 Å². The zero-order chi connectivity index (χ0) is 19.2. The molecule has 0 N–H and O–H groups in total. The molecule has 0 amide bonds. The highest BCUT2D eigenvalue weighted by Crippen LogP contribution is 2.45. The molecule has 0 atom stereocenters. The summed E-state index contributed by atoms with van der Waals surface area (Å²) < 4.78 is 12.4. The SMILES string of the molecule is [2H]Cn1nc(CC)[n+]2c1-c1c(CC)c(CC)c(CC)c(CC)c1C2(C)C. The molecule has 3 heteroatoms. The first-order chi connectivity index (χ1) is 12.4. The van der Waals surface area contributed by atoms with Crippen LogP contribution < -0.4 is 4.57 Å². The van der Waals surface area contributed by atoms with Gasteiger partial charge in [0.05, 0.1) is 14.0 Å². The monoisotopic (exact) mass is 341 g/mol. The Hall–Kier alpha value is -1.64. The Morgan fingerprint density at radius 2 is 1.44 bits per heavy atom. The highest BCUT2D eigenvalue weighted by Gasteiger charge is 2.48. The normalized spacial score (nSPS) is 15.2. The molecule has 3 nitrogen and oxygen atoms in total. The van der Waals surface area contributed by atoms with Crippen LogP contribution in [0.2, 0.25) is 0 Å². The van der Waals surface area contributed by atoms with Gasteiger partial charge in [-0.2, -0.15) is 0 Å². The fourth-order valence-electron chi connectivity index (χ4n) is 5.16. The van der Waals surface area contributed by atoms with Crippen molar-refractivity contribution < 1.29 is 5.94 Å². The van der Waals surface area contributed by atoms with E-state index < -0.39 is 0 Å². The zero-order valence-electron chi connectivity index (χ0n) is 18.1. The number of nitrogens with zero attached hydrogens (tertiary/aromatic N) is 3. The number of aromatic nitrogens is 3. The maximum Gasteiger partial charge on any atom is 0.278 e. The molecule has 25 heavy (non-hydrogen) atoms.